The van der Waals surface area contributed by atoms with Crippen LogP contribution in [-0.2, 0) is 0 Å². The molecule has 0 amide bonds. The second kappa shape index (κ2) is 4.91. The van der Waals surface area contributed by atoms with Gasteiger partial charge in [-0.1, -0.05) is 6.07 Å². The number of aromatic nitrogens is 3. The largest absolute Gasteiger partial charge is 0.464 e. The number of halogens is 2. The molecule has 2 N–H and O–H groups in total. The Hall–Kier alpha value is -2.31. The topological polar surface area (TPSA) is 73.9 Å². The van der Waals surface area contributed by atoms with Crippen LogP contribution < -0.4 is 10.5 Å². The van der Waals surface area contributed by atoms with Crippen molar-refractivity contribution in [2.24, 2.45) is 0 Å². The van der Waals surface area contributed by atoms with E-state index in [1.807, 2.05) is 0 Å². The Balaban J connectivity index is 2.56. The number of nitrogens with two attached hydrogens (primary N) is 1. The van der Waals surface area contributed by atoms with Crippen LogP contribution in [0.15, 0.2) is 18.2 Å². The Morgan fingerprint density at radius 1 is 1.17 bits per heavy atom. The number of ether oxygens (including phenoxy) is 1. The monoisotopic (exact) mass is 252 g/mol. The van der Waals surface area contributed by atoms with Gasteiger partial charge in [0, 0.05) is 0 Å². The van der Waals surface area contributed by atoms with Gasteiger partial charge in [0.15, 0.2) is 5.82 Å². The summed E-state index contributed by atoms with van der Waals surface area (Å²) in [6.07, 6.45) is 0. The first-order valence-electron chi connectivity index (χ1n) is 5.20. The highest BCUT2D eigenvalue weighted by atomic mass is 19.1. The van der Waals surface area contributed by atoms with Crippen molar-refractivity contribution < 1.29 is 13.5 Å². The molecule has 0 spiro atoms. The van der Waals surface area contributed by atoms with Gasteiger partial charge in [0.05, 0.1) is 12.2 Å². The van der Waals surface area contributed by atoms with Gasteiger partial charge in [0.1, 0.15) is 11.6 Å². The Morgan fingerprint density at radius 2 is 1.83 bits per heavy atom. The molecule has 7 heteroatoms. The van der Waals surface area contributed by atoms with E-state index in [-0.39, 0.29) is 23.3 Å². The fourth-order valence-corrected chi connectivity index (χ4v) is 1.39. The third-order valence-electron chi connectivity index (χ3n) is 2.09. The van der Waals surface area contributed by atoms with Crippen LogP contribution in [0.3, 0.4) is 0 Å². The Labute approximate surface area is 102 Å². The molecule has 0 saturated carbocycles. The average Bonchev–Trinajstić information content (AvgIpc) is 2.28. The van der Waals surface area contributed by atoms with E-state index in [0.29, 0.717) is 6.61 Å². The van der Waals surface area contributed by atoms with Crippen molar-refractivity contribution in [3.8, 4) is 17.4 Å². The summed E-state index contributed by atoms with van der Waals surface area (Å²) < 4.78 is 32.2. The maximum absolute atomic E-state index is 13.6. The summed E-state index contributed by atoms with van der Waals surface area (Å²) in [5.74, 6) is -1.90. The maximum Gasteiger partial charge on any atom is 0.321 e. The first kappa shape index (κ1) is 12.2. The molecule has 0 aliphatic carbocycles. The first-order valence-corrected chi connectivity index (χ1v) is 5.20. The second-order valence-electron chi connectivity index (χ2n) is 3.33. The smallest absolute Gasteiger partial charge is 0.321 e. The van der Waals surface area contributed by atoms with Crippen molar-refractivity contribution in [1.29, 1.82) is 0 Å². The fraction of sp³-hybridized carbons (Fsp3) is 0.182. The summed E-state index contributed by atoms with van der Waals surface area (Å²) in [4.78, 5) is 11.2. The minimum Gasteiger partial charge on any atom is -0.464 e. The summed E-state index contributed by atoms with van der Waals surface area (Å²) in [6, 6.07) is 3.40. The van der Waals surface area contributed by atoms with Crippen molar-refractivity contribution in [2.45, 2.75) is 6.92 Å². The minimum atomic E-state index is -0.775. The van der Waals surface area contributed by atoms with E-state index >= 15 is 0 Å². The van der Waals surface area contributed by atoms with Gasteiger partial charge >= 0.3 is 6.01 Å². The van der Waals surface area contributed by atoms with Crippen LogP contribution in [0.25, 0.3) is 11.4 Å². The Bertz CT molecular complexity index is 557. The molecule has 0 fully saturated rings. The summed E-state index contributed by atoms with van der Waals surface area (Å²) in [6.45, 7) is 2.03. The number of nitrogens with zero attached hydrogens (tertiary/aromatic N) is 3. The zero-order chi connectivity index (χ0) is 13.1. The quantitative estimate of drug-likeness (QED) is 0.901. The summed E-state index contributed by atoms with van der Waals surface area (Å²) >= 11 is 0. The predicted octanol–water partition coefficient (Wildman–Crippen LogP) is 1.80. The van der Waals surface area contributed by atoms with Crippen LogP contribution in [0.5, 0.6) is 6.01 Å². The van der Waals surface area contributed by atoms with Gasteiger partial charge < -0.3 is 10.5 Å². The Morgan fingerprint density at radius 3 is 2.44 bits per heavy atom. The standard InChI is InChI=1S/C11H10F2N4O/c1-2-18-11-16-9(15-10(14)17-11)8-6(12)4-3-5-7(8)13/h3-5H,2H2,1H3,(H2,14,15,16,17). The second-order valence-corrected chi connectivity index (χ2v) is 3.33. The highest BCUT2D eigenvalue weighted by molar-refractivity contribution is 5.57. The first-order chi connectivity index (χ1) is 8.61. The highest BCUT2D eigenvalue weighted by Crippen LogP contribution is 2.24. The van der Waals surface area contributed by atoms with E-state index in [4.69, 9.17) is 10.5 Å². The third kappa shape index (κ3) is 2.34. The molecule has 5 nitrogen and oxygen atoms in total. The normalized spacial score (nSPS) is 10.4. The molecule has 0 atom stereocenters. The molecule has 0 unspecified atom stereocenters. The average molecular weight is 252 g/mol. The van der Waals surface area contributed by atoms with Crippen molar-refractivity contribution in [3.63, 3.8) is 0 Å². The van der Waals surface area contributed by atoms with E-state index in [9.17, 15) is 8.78 Å². The Kier molecular flexibility index (Phi) is 3.31. The van der Waals surface area contributed by atoms with Crippen LogP contribution in [0.1, 0.15) is 6.92 Å². The van der Waals surface area contributed by atoms with Gasteiger partial charge in [0.25, 0.3) is 0 Å². The van der Waals surface area contributed by atoms with E-state index in [0.717, 1.165) is 12.1 Å². The molecule has 18 heavy (non-hydrogen) atoms. The molecule has 0 aliphatic heterocycles. The number of rotatable bonds is 3. The minimum absolute atomic E-state index is 0.0670. The summed E-state index contributed by atoms with van der Waals surface area (Å²) in [5.41, 5.74) is 5.09. The fourth-order valence-electron chi connectivity index (χ4n) is 1.39. The molecule has 0 bridgehead atoms. The number of benzene rings is 1. The molecular formula is C11H10F2N4O. The van der Waals surface area contributed by atoms with Gasteiger partial charge in [-0.05, 0) is 19.1 Å². The molecule has 2 aromatic rings. The SMILES string of the molecule is CCOc1nc(N)nc(-c2c(F)cccc2F)n1. The lowest BCUT2D eigenvalue weighted by Crippen LogP contribution is -2.06. The maximum atomic E-state index is 13.6. The van der Waals surface area contributed by atoms with Crippen molar-refractivity contribution >= 4 is 5.95 Å². The van der Waals surface area contributed by atoms with E-state index in [1.54, 1.807) is 6.92 Å². The van der Waals surface area contributed by atoms with Crippen LogP contribution in [-0.4, -0.2) is 21.6 Å². The third-order valence-corrected chi connectivity index (χ3v) is 2.09. The zero-order valence-electron chi connectivity index (χ0n) is 9.52. The van der Waals surface area contributed by atoms with Crippen LogP contribution in [0, 0.1) is 11.6 Å². The van der Waals surface area contributed by atoms with Crippen LogP contribution in [0.2, 0.25) is 0 Å². The summed E-state index contributed by atoms with van der Waals surface area (Å²) in [5, 5.41) is 0. The number of hydrogen-bond donors (Lipinski definition) is 1. The van der Waals surface area contributed by atoms with Crippen molar-refractivity contribution in [3.05, 3.63) is 29.8 Å². The van der Waals surface area contributed by atoms with Gasteiger partial charge in [-0.2, -0.15) is 15.0 Å². The predicted molar refractivity (Wildman–Crippen MR) is 60.8 cm³/mol. The van der Waals surface area contributed by atoms with Crippen LogP contribution in [0.4, 0.5) is 14.7 Å². The molecule has 1 aromatic heterocycles. The molecule has 2 rings (SSSR count). The summed E-state index contributed by atoms with van der Waals surface area (Å²) in [7, 11) is 0. The lowest BCUT2D eigenvalue weighted by Gasteiger charge is -2.06. The highest BCUT2D eigenvalue weighted by Gasteiger charge is 2.16. The molecular weight excluding hydrogens is 242 g/mol. The molecule has 0 saturated heterocycles. The molecule has 94 valence electrons. The molecule has 0 aliphatic rings. The lowest BCUT2D eigenvalue weighted by molar-refractivity contribution is 0.312. The van der Waals surface area contributed by atoms with Crippen molar-refractivity contribution in [2.75, 3.05) is 12.3 Å². The molecule has 1 aromatic carbocycles. The number of anilines is 1. The van der Waals surface area contributed by atoms with Gasteiger partial charge in [0.2, 0.25) is 5.95 Å². The number of nitrogen functional groups attached to an aromatic ring is 1. The van der Waals surface area contributed by atoms with Crippen LogP contribution >= 0.6 is 0 Å². The number of hydrogen-bond acceptors (Lipinski definition) is 5. The van der Waals surface area contributed by atoms with E-state index < -0.39 is 11.6 Å². The molecule has 1 heterocycles. The van der Waals surface area contributed by atoms with Gasteiger partial charge in [-0.3, -0.25) is 0 Å². The van der Waals surface area contributed by atoms with E-state index in [1.165, 1.54) is 6.07 Å². The zero-order valence-corrected chi connectivity index (χ0v) is 9.52. The van der Waals surface area contributed by atoms with Crippen molar-refractivity contribution in [1.82, 2.24) is 15.0 Å². The van der Waals surface area contributed by atoms with Gasteiger partial charge in [-0.25, -0.2) is 8.78 Å². The lowest BCUT2D eigenvalue weighted by atomic mass is 10.2. The van der Waals surface area contributed by atoms with E-state index in [2.05, 4.69) is 15.0 Å². The molecule has 0 radical (unpaired) electrons. The van der Waals surface area contributed by atoms with Gasteiger partial charge in [-0.15, -0.1) is 0 Å².